The molecular weight excluding hydrogens is 757 g/mol. The highest BCUT2D eigenvalue weighted by Gasteiger charge is 2.58. The van der Waals surface area contributed by atoms with Crippen molar-refractivity contribution in [2.24, 2.45) is 76.9 Å². The Bertz CT molecular complexity index is 1430. The van der Waals surface area contributed by atoms with E-state index in [-0.39, 0.29) is 52.5 Å². The fraction of sp³-hybridized carbons (Fsp3) is 0.909. The van der Waals surface area contributed by atoms with Crippen LogP contribution in [0.3, 0.4) is 0 Å². The summed E-state index contributed by atoms with van der Waals surface area (Å²) in [6, 6.07) is 0. The molecule has 8 saturated carbocycles. The summed E-state index contributed by atoms with van der Waals surface area (Å²) in [5, 5.41) is 0. The van der Waals surface area contributed by atoms with Gasteiger partial charge in [-0.05, 0) is 194 Å². The molecule has 9 rings (SSSR count). The molecule has 8 fully saturated rings. The Morgan fingerprint density at radius 3 is 1.28 bits per heavy atom. The summed E-state index contributed by atoms with van der Waals surface area (Å²) in [5.41, 5.74) is -0.549. The third kappa shape index (κ3) is 11.0. The summed E-state index contributed by atoms with van der Waals surface area (Å²) in [4.78, 5) is 38.2. The van der Waals surface area contributed by atoms with Crippen LogP contribution in [0.15, 0.2) is 12.2 Å². The molecule has 6 heteroatoms. The second-order valence-corrected chi connectivity index (χ2v) is 22.4. The zero-order chi connectivity index (χ0) is 44.0. The molecule has 10 atom stereocenters. The van der Waals surface area contributed by atoms with Gasteiger partial charge in [-0.1, -0.05) is 100.0 Å². The molecule has 0 heterocycles. The lowest BCUT2D eigenvalue weighted by atomic mass is 9.50. The van der Waals surface area contributed by atoms with E-state index in [0.717, 1.165) is 107 Å². The maximum Gasteiger partial charge on any atom is 0.310 e. The van der Waals surface area contributed by atoms with Crippen molar-refractivity contribution in [1.29, 1.82) is 0 Å². The molecular formula is C55H92O6. The van der Waals surface area contributed by atoms with Crippen LogP contribution in [0.2, 0.25) is 0 Å². The van der Waals surface area contributed by atoms with E-state index in [2.05, 4.69) is 74.5 Å². The van der Waals surface area contributed by atoms with Crippen LogP contribution >= 0.6 is 0 Å². The van der Waals surface area contributed by atoms with E-state index in [0.29, 0.717) is 29.6 Å². The van der Waals surface area contributed by atoms with Crippen molar-refractivity contribution < 1.29 is 28.6 Å². The SMILES string of the molecule is CCC1CC(CC)C(C(=O)OC2(C)C3CC4CC(C3)CC2C4)C1.CCC1CC(CC)C(C(=O)OC2(CC)C=CCC2)C1.CCC1CC(CC)C(C(=O)OC2(CC)CCCC2)C1. The van der Waals surface area contributed by atoms with Crippen molar-refractivity contribution >= 4 is 17.9 Å². The third-order valence-corrected chi connectivity index (χ3v) is 19.2. The van der Waals surface area contributed by atoms with Gasteiger partial charge >= 0.3 is 17.9 Å². The first-order valence-electron chi connectivity index (χ1n) is 26.7. The van der Waals surface area contributed by atoms with Crippen LogP contribution in [0.4, 0.5) is 0 Å². The molecule has 6 nitrogen and oxygen atoms in total. The summed E-state index contributed by atoms with van der Waals surface area (Å²) in [6.45, 7) is 20.0. The number of esters is 3. The van der Waals surface area contributed by atoms with Gasteiger partial charge in [0.2, 0.25) is 0 Å². The van der Waals surface area contributed by atoms with Crippen LogP contribution in [-0.4, -0.2) is 34.7 Å². The number of rotatable bonds is 14. The van der Waals surface area contributed by atoms with Gasteiger partial charge in [-0.15, -0.1) is 0 Å². The normalized spacial score (nSPS) is 41.5. The Morgan fingerprint density at radius 2 is 0.918 bits per heavy atom. The quantitative estimate of drug-likeness (QED) is 0.0984. The van der Waals surface area contributed by atoms with Crippen LogP contribution in [0.1, 0.15) is 223 Å². The lowest BCUT2D eigenvalue weighted by Crippen LogP contribution is -2.58. The number of ether oxygens (including phenoxy) is 3. The highest BCUT2D eigenvalue weighted by Crippen LogP contribution is 2.60. The van der Waals surface area contributed by atoms with E-state index in [1.165, 1.54) is 83.5 Å². The molecule has 0 aromatic carbocycles. The van der Waals surface area contributed by atoms with E-state index < -0.39 is 0 Å². The fourth-order valence-corrected chi connectivity index (χ4v) is 14.8. The van der Waals surface area contributed by atoms with E-state index in [1.807, 2.05) is 0 Å². The fourth-order valence-electron chi connectivity index (χ4n) is 14.8. The van der Waals surface area contributed by atoms with Crippen molar-refractivity contribution in [2.45, 2.75) is 240 Å². The van der Waals surface area contributed by atoms with Gasteiger partial charge < -0.3 is 14.2 Å². The average Bonchev–Trinajstić information content (AvgIpc) is 4.13. The van der Waals surface area contributed by atoms with Crippen LogP contribution in [0, 0.1) is 76.9 Å². The highest BCUT2D eigenvalue weighted by molar-refractivity contribution is 5.75. The second kappa shape index (κ2) is 21.4. The van der Waals surface area contributed by atoms with Crippen molar-refractivity contribution in [2.75, 3.05) is 0 Å². The van der Waals surface area contributed by atoms with Gasteiger partial charge in [-0.2, -0.15) is 0 Å². The van der Waals surface area contributed by atoms with E-state index in [9.17, 15) is 14.4 Å². The number of hydrogen-bond acceptors (Lipinski definition) is 6. The zero-order valence-corrected chi connectivity index (χ0v) is 40.8. The van der Waals surface area contributed by atoms with Crippen molar-refractivity contribution in [3.05, 3.63) is 12.2 Å². The molecule has 10 unspecified atom stereocenters. The summed E-state index contributed by atoms with van der Waals surface area (Å²) < 4.78 is 18.3. The predicted molar refractivity (Wildman–Crippen MR) is 247 cm³/mol. The molecule has 4 bridgehead atoms. The molecule has 0 aromatic rings. The van der Waals surface area contributed by atoms with Gasteiger partial charge in [0.15, 0.2) is 0 Å². The summed E-state index contributed by atoms with van der Waals surface area (Å²) in [7, 11) is 0. The minimum Gasteiger partial charge on any atom is -0.459 e. The number of carbonyl (C=O) groups excluding carboxylic acids is 3. The molecule has 0 aromatic heterocycles. The maximum atomic E-state index is 13.1. The average molecular weight is 849 g/mol. The molecule has 0 saturated heterocycles. The molecule has 0 radical (unpaired) electrons. The zero-order valence-electron chi connectivity index (χ0n) is 40.8. The molecule has 0 amide bonds. The van der Waals surface area contributed by atoms with Gasteiger partial charge in [0.05, 0.1) is 17.8 Å². The molecule has 61 heavy (non-hydrogen) atoms. The van der Waals surface area contributed by atoms with Crippen LogP contribution in [0.5, 0.6) is 0 Å². The predicted octanol–water partition coefficient (Wildman–Crippen LogP) is 14.4. The Kier molecular flexibility index (Phi) is 17.1. The Morgan fingerprint density at radius 1 is 0.492 bits per heavy atom. The van der Waals surface area contributed by atoms with Crippen molar-refractivity contribution in [1.82, 2.24) is 0 Å². The van der Waals surface area contributed by atoms with Crippen LogP contribution < -0.4 is 0 Å². The molecule has 0 spiro atoms. The van der Waals surface area contributed by atoms with Crippen molar-refractivity contribution in [3.8, 4) is 0 Å². The topological polar surface area (TPSA) is 78.9 Å². The third-order valence-electron chi connectivity index (χ3n) is 19.2. The molecule has 348 valence electrons. The first-order chi connectivity index (χ1) is 29.3. The van der Waals surface area contributed by atoms with E-state index >= 15 is 0 Å². The van der Waals surface area contributed by atoms with Crippen LogP contribution in [0.25, 0.3) is 0 Å². The minimum absolute atomic E-state index is 0.0659. The highest BCUT2D eigenvalue weighted by atomic mass is 16.6. The number of carbonyl (C=O) groups is 3. The number of hydrogen-bond donors (Lipinski definition) is 0. The molecule has 0 N–H and O–H groups in total. The largest absolute Gasteiger partial charge is 0.459 e. The van der Waals surface area contributed by atoms with Gasteiger partial charge in [-0.25, -0.2) is 0 Å². The van der Waals surface area contributed by atoms with E-state index in [1.54, 1.807) is 0 Å². The van der Waals surface area contributed by atoms with E-state index in [4.69, 9.17) is 14.2 Å². The van der Waals surface area contributed by atoms with Gasteiger partial charge in [-0.3, -0.25) is 14.4 Å². The molecule has 0 aliphatic heterocycles. The minimum atomic E-state index is -0.292. The smallest absolute Gasteiger partial charge is 0.310 e. The van der Waals surface area contributed by atoms with Crippen LogP contribution in [-0.2, 0) is 28.6 Å². The number of allylic oxidation sites excluding steroid dienone is 1. The Labute approximate surface area is 374 Å². The monoisotopic (exact) mass is 849 g/mol. The molecule has 9 aliphatic carbocycles. The maximum absolute atomic E-state index is 13.1. The van der Waals surface area contributed by atoms with Crippen molar-refractivity contribution in [3.63, 3.8) is 0 Å². The lowest BCUT2D eigenvalue weighted by Gasteiger charge is -2.59. The second-order valence-electron chi connectivity index (χ2n) is 22.4. The van der Waals surface area contributed by atoms with Gasteiger partial charge in [0.25, 0.3) is 0 Å². The summed E-state index contributed by atoms with van der Waals surface area (Å²) in [6.07, 6.45) is 33.3. The summed E-state index contributed by atoms with van der Waals surface area (Å²) >= 11 is 0. The standard InChI is InChI=1S/C21H34O2.C17H30O2.C17H28O2/c1-4-13-7-16(5-2)19(12-13)20(22)23-21(3)17-8-14-6-15(10-17)11-18(21)9-14;2*1-4-13-11-14(5-2)15(12-13)16(18)19-17(6-3)9-7-8-10-17/h13-19H,4-12H2,1-3H3;13-15H,4-12H2,1-3H3;7,9,13-15H,4-6,8,10-12H2,1-3H3. The lowest BCUT2D eigenvalue weighted by molar-refractivity contribution is -0.208. The Hall–Kier alpha value is -1.85. The Balaban J connectivity index is 0.000000154. The first kappa shape index (κ1) is 48.6. The summed E-state index contributed by atoms with van der Waals surface area (Å²) in [5.74, 6) is 7.87. The van der Waals surface area contributed by atoms with Gasteiger partial charge in [0.1, 0.15) is 16.8 Å². The van der Waals surface area contributed by atoms with Gasteiger partial charge in [0, 0.05) is 0 Å². The molecule has 9 aliphatic rings. The first-order valence-corrected chi connectivity index (χ1v) is 26.7.